The van der Waals surface area contributed by atoms with Gasteiger partial charge in [0.25, 0.3) is 0 Å². The summed E-state index contributed by atoms with van der Waals surface area (Å²) < 4.78 is 0. The number of hydrogen-bond acceptors (Lipinski definition) is 5. The second-order valence-corrected chi connectivity index (χ2v) is 7.72. The van der Waals surface area contributed by atoms with Crippen molar-refractivity contribution in [3.8, 4) is 11.3 Å². The monoisotopic (exact) mass is 416 g/mol. The average Bonchev–Trinajstić information content (AvgIpc) is 2.84. The number of aromatic nitrogens is 3. The zero-order valence-corrected chi connectivity index (χ0v) is 17.9. The number of amides is 2. The summed E-state index contributed by atoms with van der Waals surface area (Å²) in [5.74, 6) is 0.834. The molecule has 31 heavy (non-hydrogen) atoms. The predicted molar refractivity (Wildman–Crippen MR) is 123 cm³/mol. The van der Waals surface area contributed by atoms with E-state index in [-0.39, 0.29) is 6.03 Å². The van der Waals surface area contributed by atoms with E-state index in [2.05, 4.69) is 44.5 Å². The van der Waals surface area contributed by atoms with Crippen molar-refractivity contribution < 1.29 is 4.79 Å². The minimum Gasteiger partial charge on any atom is -0.352 e. The summed E-state index contributed by atoms with van der Waals surface area (Å²) in [5, 5.41) is 11.7. The van der Waals surface area contributed by atoms with Crippen molar-refractivity contribution in [2.75, 3.05) is 36.4 Å². The van der Waals surface area contributed by atoms with Crippen LogP contribution in [0, 0.1) is 0 Å². The molecule has 7 nitrogen and oxygen atoms in total. The topological polar surface area (TPSA) is 74.2 Å². The lowest BCUT2D eigenvalue weighted by molar-refractivity contribution is 0.208. The van der Waals surface area contributed by atoms with Gasteiger partial charge in [-0.3, -0.25) is 4.98 Å². The average molecular weight is 417 g/mol. The molecule has 3 heterocycles. The van der Waals surface area contributed by atoms with Crippen molar-refractivity contribution in [3.05, 3.63) is 66.5 Å². The van der Waals surface area contributed by atoms with Gasteiger partial charge in [-0.15, -0.1) is 10.2 Å². The molecule has 4 rings (SSSR count). The number of hydrogen-bond donors (Lipinski definition) is 1. The third kappa shape index (κ3) is 5.36. The van der Waals surface area contributed by atoms with E-state index in [0.717, 1.165) is 42.3 Å². The van der Waals surface area contributed by atoms with Gasteiger partial charge in [0.15, 0.2) is 5.82 Å². The van der Waals surface area contributed by atoms with Crippen LogP contribution in [0.25, 0.3) is 11.3 Å². The number of nitrogens with one attached hydrogen (secondary N) is 1. The number of carbonyl (C=O) groups is 1. The number of benzene rings is 1. The normalized spacial score (nSPS) is 13.8. The summed E-state index contributed by atoms with van der Waals surface area (Å²) in [4.78, 5) is 20.7. The number of nitrogens with zero attached hydrogens (tertiary/aromatic N) is 5. The number of pyridine rings is 1. The minimum absolute atomic E-state index is 0.0555. The summed E-state index contributed by atoms with van der Waals surface area (Å²) in [6, 6.07) is 15.9. The van der Waals surface area contributed by atoms with E-state index in [0.29, 0.717) is 13.1 Å². The van der Waals surface area contributed by atoms with Gasteiger partial charge in [-0.2, -0.15) is 0 Å². The van der Waals surface area contributed by atoms with Gasteiger partial charge in [-0.05, 0) is 54.8 Å². The molecular formula is C24H28N6O. The van der Waals surface area contributed by atoms with E-state index in [1.807, 2.05) is 41.3 Å². The van der Waals surface area contributed by atoms with Crippen LogP contribution >= 0.6 is 0 Å². The molecule has 1 aliphatic rings. The van der Waals surface area contributed by atoms with E-state index in [1.54, 1.807) is 12.4 Å². The first kappa shape index (κ1) is 20.8. The smallest absolute Gasteiger partial charge is 0.321 e. The maximum atomic E-state index is 12.6. The molecule has 1 aromatic carbocycles. The van der Waals surface area contributed by atoms with E-state index in [1.165, 1.54) is 18.4 Å². The summed E-state index contributed by atoms with van der Waals surface area (Å²) in [6.07, 6.45) is 6.95. The van der Waals surface area contributed by atoms with E-state index < -0.39 is 0 Å². The quantitative estimate of drug-likeness (QED) is 0.651. The first-order chi connectivity index (χ1) is 15.2. The lowest BCUT2D eigenvalue weighted by Crippen LogP contribution is -2.50. The maximum Gasteiger partial charge on any atom is 0.321 e. The molecule has 0 saturated carbocycles. The lowest BCUT2D eigenvalue weighted by Gasteiger charge is -2.35. The number of unbranched alkanes of at least 4 members (excludes halogenated alkanes) is 1. The Kier molecular flexibility index (Phi) is 6.72. The Hall–Kier alpha value is -3.48. The minimum atomic E-state index is -0.0555. The largest absolute Gasteiger partial charge is 0.352 e. The molecule has 0 radical (unpaired) electrons. The van der Waals surface area contributed by atoms with Gasteiger partial charge in [0.1, 0.15) is 0 Å². The number of rotatable bonds is 6. The van der Waals surface area contributed by atoms with Crippen LogP contribution in [-0.4, -0.2) is 52.3 Å². The zero-order chi connectivity index (χ0) is 21.5. The fraction of sp³-hybridized carbons (Fsp3) is 0.333. The maximum absolute atomic E-state index is 12.6. The lowest BCUT2D eigenvalue weighted by atomic mass is 10.1. The molecule has 2 amide bonds. The van der Waals surface area contributed by atoms with Crippen LogP contribution in [0.3, 0.4) is 0 Å². The molecular weight excluding hydrogens is 388 g/mol. The number of carbonyl (C=O) groups excluding carboxylic acids is 1. The van der Waals surface area contributed by atoms with Crippen molar-refractivity contribution >= 4 is 17.5 Å². The third-order valence-corrected chi connectivity index (χ3v) is 5.54. The van der Waals surface area contributed by atoms with Gasteiger partial charge < -0.3 is 15.1 Å². The Bertz CT molecular complexity index is 967. The highest BCUT2D eigenvalue weighted by atomic mass is 16.2. The summed E-state index contributed by atoms with van der Waals surface area (Å²) in [5.41, 5.74) is 3.97. The van der Waals surface area contributed by atoms with Gasteiger partial charge in [-0.1, -0.05) is 25.5 Å². The first-order valence-corrected chi connectivity index (χ1v) is 10.9. The molecule has 0 bridgehead atoms. The van der Waals surface area contributed by atoms with Crippen LogP contribution in [-0.2, 0) is 6.42 Å². The molecule has 1 fully saturated rings. The molecule has 3 aromatic rings. The second-order valence-electron chi connectivity index (χ2n) is 7.72. The van der Waals surface area contributed by atoms with Gasteiger partial charge >= 0.3 is 6.03 Å². The van der Waals surface area contributed by atoms with Gasteiger partial charge in [0.2, 0.25) is 0 Å². The number of piperazine rings is 1. The molecule has 0 unspecified atom stereocenters. The Labute approximate surface area is 183 Å². The van der Waals surface area contributed by atoms with Gasteiger partial charge in [-0.25, -0.2) is 4.79 Å². The van der Waals surface area contributed by atoms with Crippen LogP contribution in [0.2, 0.25) is 0 Å². The van der Waals surface area contributed by atoms with Crippen molar-refractivity contribution in [2.24, 2.45) is 0 Å². The van der Waals surface area contributed by atoms with E-state index in [4.69, 9.17) is 0 Å². The van der Waals surface area contributed by atoms with Gasteiger partial charge in [0.05, 0.1) is 5.69 Å². The summed E-state index contributed by atoms with van der Waals surface area (Å²) >= 11 is 0. The molecule has 2 aromatic heterocycles. The predicted octanol–water partition coefficient (Wildman–Crippen LogP) is 4.24. The highest BCUT2D eigenvalue weighted by Crippen LogP contribution is 2.19. The molecule has 160 valence electrons. The Morgan fingerprint density at radius 1 is 0.935 bits per heavy atom. The van der Waals surface area contributed by atoms with Crippen molar-refractivity contribution in [1.29, 1.82) is 0 Å². The molecule has 0 atom stereocenters. The van der Waals surface area contributed by atoms with Crippen molar-refractivity contribution in [2.45, 2.75) is 26.2 Å². The third-order valence-electron chi connectivity index (χ3n) is 5.54. The highest BCUT2D eigenvalue weighted by Gasteiger charge is 2.22. The number of urea groups is 1. The number of aryl methyl sites for hydroxylation is 1. The molecule has 1 N–H and O–H groups in total. The first-order valence-electron chi connectivity index (χ1n) is 10.9. The van der Waals surface area contributed by atoms with E-state index >= 15 is 0 Å². The standard InChI is InChI=1S/C24H28N6O/c1-2-3-4-19-5-7-21(8-6-19)26-24(31)30-17-15-29(16-18-30)23-10-9-22(27-28-23)20-11-13-25-14-12-20/h5-14H,2-4,15-18H2,1H3,(H,26,31). The molecule has 1 aliphatic heterocycles. The van der Waals surface area contributed by atoms with Crippen molar-refractivity contribution in [3.63, 3.8) is 0 Å². The molecule has 0 aliphatic carbocycles. The Morgan fingerprint density at radius 2 is 1.68 bits per heavy atom. The molecule has 0 spiro atoms. The summed E-state index contributed by atoms with van der Waals surface area (Å²) in [7, 11) is 0. The van der Waals surface area contributed by atoms with Crippen LogP contribution in [0.1, 0.15) is 25.3 Å². The number of anilines is 2. The fourth-order valence-electron chi connectivity index (χ4n) is 3.65. The van der Waals surface area contributed by atoms with Crippen LogP contribution < -0.4 is 10.2 Å². The highest BCUT2D eigenvalue weighted by molar-refractivity contribution is 5.89. The zero-order valence-electron chi connectivity index (χ0n) is 17.9. The van der Waals surface area contributed by atoms with Crippen LogP contribution in [0.15, 0.2) is 60.9 Å². The SMILES string of the molecule is CCCCc1ccc(NC(=O)N2CCN(c3ccc(-c4ccncc4)nn3)CC2)cc1. The fourth-order valence-corrected chi connectivity index (χ4v) is 3.65. The summed E-state index contributed by atoms with van der Waals surface area (Å²) in [6.45, 7) is 4.94. The van der Waals surface area contributed by atoms with Crippen LogP contribution in [0.5, 0.6) is 0 Å². The second kappa shape index (κ2) is 10.0. The van der Waals surface area contributed by atoms with Crippen LogP contribution in [0.4, 0.5) is 16.3 Å². The molecule has 1 saturated heterocycles. The van der Waals surface area contributed by atoms with Gasteiger partial charge in [0, 0.05) is 49.8 Å². The molecule has 7 heteroatoms. The Balaban J connectivity index is 1.28. The Morgan fingerprint density at radius 3 is 2.32 bits per heavy atom. The van der Waals surface area contributed by atoms with Crippen molar-refractivity contribution in [1.82, 2.24) is 20.1 Å². The van der Waals surface area contributed by atoms with E-state index in [9.17, 15) is 4.79 Å².